The third-order valence-electron chi connectivity index (χ3n) is 2.64. The van der Waals surface area contributed by atoms with Gasteiger partial charge in [0.25, 0.3) is 0 Å². The monoisotopic (exact) mass is 334 g/mol. The Morgan fingerprint density at radius 1 is 1.33 bits per heavy atom. The number of aliphatic hydroxyl groups excluding tert-OH is 1. The van der Waals surface area contributed by atoms with Crippen molar-refractivity contribution in [2.75, 3.05) is 0 Å². The first-order valence-corrected chi connectivity index (χ1v) is 6.76. The van der Waals surface area contributed by atoms with E-state index in [1.165, 1.54) is 0 Å². The van der Waals surface area contributed by atoms with Gasteiger partial charge in [-0.1, -0.05) is 52.1 Å². The molecule has 0 saturated heterocycles. The average molecular weight is 336 g/mol. The van der Waals surface area contributed by atoms with E-state index in [0.717, 1.165) is 27.4 Å². The second-order valence-electron chi connectivity index (χ2n) is 3.93. The highest BCUT2D eigenvalue weighted by molar-refractivity contribution is 9.11. The maximum atomic E-state index is 10.1. The minimum Gasteiger partial charge on any atom is -0.388 e. The molecule has 15 heavy (non-hydrogen) atoms. The molecule has 1 aromatic carbocycles. The molecule has 3 heteroatoms. The number of rotatable bonds is 4. The van der Waals surface area contributed by atoms with E-state index in [1.54, 1.807) is 0 Å². The molecule has 0 aliphatic heterocycles. The molecular formula is C12H16Br2O. The number of benzene rings is 1. The Kier molecular flexibility index (Phi) is 5.30. The van der Waals surface area contributed by atoms with Crippen LogP contribution in [0.15, 0.2) is 27.1 Å². The van der Waals surface area contributed by atoms with Gasteiger partial charge in [0.05, 0.1) is 6.10 Å². The SMILES string of the molecule is CCC(C)CC(O)c1cc(Br)ccc1Br. The number of hydrogen-bond acceptors (Lipinski definition) is 1. The minimum atomic E-state index is -0.383. The maximum absolute atomic E-state index is 10.1. The first-order chi connectivity index (χ1) is 7.04. The van der Waals surface area contributed by atoms with Gasteiger partial charge in [-0.15, -0.1) is 0 Å². The van der Waals surface area contributed by atoms with E-state index in [4.69, 9.17) is 0 Å². The lowest BCUT2D eigenvalue weighted by atomic mass is 9.96. The fourth-order valence-corrected chi connectivity index (χ4v) is 2.33. The van der Waals surface area contributed by atoms with Gasteiger partial charge >= 0.3 is 0 Å². The Morgan fingerprint density at radius 3 is 2.60 bits per heavy atom. The van der Waals surface area contributed by atoms with Crippen LogP contribution in [0.5, 0.6) is 0 Å². The second-order valence-corrected chi connectivity index (χ2v) is 5.70. The zero-order valence-corrected chi connectivity index (χ0v) is 12.2. The first-order valence-electron chi connectivity index (χ1n) is 5.17. The van der Waals surface area contributed by atoms with E-state index < -0.39 is 0 Å². The molecule has 0 fully saturated rings. The Balaban J connectivity index is 2.80. The van der Waals surface area contributed by atoms with Crippen LogP contribution in [0.4, 0.5) is 0 Å². The molecule has 0 saturated carbocycles. The molecule has 0 heterocycles. The van der Waals surface area contributed by atoms with E-state index in [0.29, 0.717) is 5.92 Å². The summed E-state index contributed by atoms with van der Waals surface area (Å²) in [5, 5.41) is 10.1. The number of aliphatic hydroxyl groups is 1. The van der Waals surface area contributed by atoms with Crippen molar-refractivity contribution >= 4 is 31.9 Å². The molecule has 1 rings (SSSR count). The predicted octanol–water partition coefficient (Wildman–Crippen LogP) is 4.68. The molecule has 84 valence electrons. The van der Waals surface area contributed by atoms with Crippen molar-refractivity contribution in [1.82, 2.24) is 0 Å². The molecule has 0 aliphatic rings. The van der Waals surface area contributed by atoms with Gasteiger partial charge in [0.2, 0.25) is 0 Å². The zero-order valence-electron chi connectivity index (χ0n) is 9.00. The van der Waals surface area contributed by atoms with Gasteiger partial charge < -0.3 is 5.11 Å². The molecule has 0 spiro atoms. The zero-order chi connectivity index (χ0) is 11.4. The largest absolute Gasteiger partial charge is 0.388 e. The lowest BCUT2D eigenvalue weighted by Crippen LogP contribution is -2.04. The predicted molar refractivity (Wildman–Crippen MR) is 70.9 cm³/mol. The van der Waals surface area contributed by atoms with Gasteiger partial charge in [-0.3, -0.25) is 0 Å². The van der Waals surface area contributed by atoms with E-state index in [-0.39, 0.29) is 6.10 Å². The summed E-state index contributed by atoms with van der Waals surface area (Å²) in [6.07, 6.45) is 1.53. The summed E-state index contributed by atoms with van der Waals surface area (Å²) in [7, 11) is 0. The third kappa shape index (κ3) is 3.89. The van der Waals surface area contributed by atoms with E-state index in [1.807, 2.05) is 18.2 Å². The fraction of sp³-hybridized carbons (Fsp3) is 0.500. The fourth-order valence-electron chi connectivity index (χ4n) is 1.44. The molecule has 2 atom stereocenters. The maximum Gasteiger partial charge on any atom is 0.0803 e. The van der Waals surface area contributed by atoms with Crippen molar-refractivity contribution in [2.24, 2.45) is 5.92 Å². The van der Waals surface area contributed by atoms with Gasteiger partial charge in [0.1, 0.15) is 0 Å². The van der Waals surface area contributed by atoms with Crippen LogP contribution in [-0.2, 0) is 0 Å². The van der Waals surface area contributed by atoms with Gasteiger partial charge in [-0.05, 0) is 36.1 Å². The third-order valence-corrected chi connectivity index (χ3v) is 3.86. The van der Waals surface area contributed by atoms with Crippen LogP contribution in [0, 0.1) is 5.92 Å². The lowest BCUT2D eigenvalue weighted by Gasteiger charge is -2.16. The molecule has 0 amide bonds. The molecule has 1 N–H and O–H groups in total. The Bertz CT molecular complexity index is 325. The first kappa shape index (κ1) is 13.2. The normalized spacial score (nSPS) is 15.0. The second kappa shape index (κ2) is 6.02. The molecule has 1 nitrogen and oxygen atoms in total. The van der Waals surface area contributed by atoms with Crippen molar-refractivity contribution < 1.29 is 5.11 Å². The Hall–Kier alpha value is 0.140. The van der Waals surface area contributed by atoms with Crippen LogP contribution >= 0.6 is 31.9 Å². The number of halogens is 2. The van der Waals surface area contributed by atoms with Crippen LogP contribution in [-0.4, -0.2) is 5.11 Å². The summed E-state index contributed by atoms with van der Waals surface area (Å²) in [5.74, 6) is 0.547. The summed E-state index contributed by atoms with van der Waals surface area (Å²) in [6.45, 7) is 4.31. The average Bonchev–Trinajstić information content (AvgIpc) is 2.21. The van der Waals surface area contributed by atoms with Crippen molar-refractivity contribution in [3.05, 3.63) is 32.7 Å². The van der Waals surface area contributed by atoms with E-state index in [9.17, 15) is 5.11 Å². The van der Waals surface area contributed by atoms with Crippen LogP contribution in [0.2, 0.25) is 0 Å². The summed E-state index contributed by atoms with van der Waals surface area (Å²) in [6, 6.07) is 5.89. The highest BCUT2D eigenvalue weighted by Crippen LogP contribution is 2.30. The molecule has 1 aromatic rings. The summed E-state index contributed by atoms with van der Waals surface area (Å²) in [5.41, 5.74) is 0.963. The molecule has 0 aliphatic carbocycles. The highest BCUT2D eigenvalue weighted by Gasteiger charge is 2.14. The summed E-state index contributed by atoms with van der Waals surface area (Å²) >= 11 is 6.88. The van der Waals surface area contributed by atoms with Crippen LogP contribution < -0.4 is 0 Å². The van der Waals surface area contributed by atoms with E-state index in [2.05, 4.69) is 45.7 Å². The topological polar surface area (TPSA) is 20.2 Å². The standard InChI is InChI=1S/C12H16Br2O/c1-3-8(2)6-12(15)10-7-9(13)4-5-11(10)14/h4-5,7-8,12,15H,3,6H2,1-2H3. The Morgan fingerprint density at radius 2 is 2.00 bits per heavy atom. The van der Waals surface area contributed by atoms with Gasteiger partial charge in [0, 0.05) is 8.95 Å². The lowest BCUT2D eigenvalue weighted by molar-refractivity contribution is 0.146. The smallest absolute Gasteiger partial charge is 0.0803 e. The Labute approximate surface area is 108 Å². The van der Waals surface area contributed by atoms with Crippen LogP contribution in [0.25, 0.3) is 0 Å². The van der Waals surface area contributed by atoms with Crippen molar-refractivity contribution in [3.63, 3.8) is 0 Å². The van der Waals surface area contributed by atoms with Gasteiger partial charge in [-0.25, -0.2) is 0 Å². The van der Waals surface area contributed by atoms with Crippen LogP contribution in [0.3, 0.4) is 0 Å². The highest BCUT2D eigenvalue weighted by atomic mass is 79.9. The summed E-state index contributed by atoms with van der Waals surface area (Å²) in [4.78, 5) is 0. The van der Waals surface area contributed by atoms with Gasteiger partial charge in [-0.2, -0.15) is 0 Å². The minimum absolute atomic E-state index is 0.383. The van der Waals surface area contributed by atoms with Crippen molar-refractivity contribution in [1.29, 1.82) is 0 Å². The molecule has 2 unspecified atom stereocenters. The molecule has 0 radical (unpaired) electrons. The molecule has 0 aromatic heterocycles. The van der Waals surface area contributed by atoms with Gasteiger partial charge in [0.15, 0.2) is 0 Å². The summed E-state index contributed by atoms with van der Waals surface area (Å²) < 4.78 is 1.98. The molecular weight excluding hydrogens is 320 g/mol. The van der Waals surface area contributed by atoms with Crippen molar-refractivity contribution in [3.8, 4) is 0 Å². The van der Waals surface area contributed by atoms with E-state index >= 15 is 0 Å². The van der Waals surface area contributed by atoms with Crippen molar-refractivity contribution in [2.45, 2.75) is 32.8 Å². The molecule has 0 bridgehead atoms. The van der Waals surface area contributed by atoms with Crippen LogP contribution in [0.1, 0.15) is 38.4 Å². The quantitative estimate of drug-likeness (QED) is 0.846. The number of hydrogen-bond donors (Lipinski definition) is 1.